The summed E-state index contributed by atoms with van der Waals surface area (Å²) >= 11 is 0. The predicted molar refractivity (Wildman–Crippen MR) is 99.9 cm³/mol. The number of amides is 1. The first-order chi connectivity index (χ1) is 13.0. The second kappa shape index (κ2) is 8.60. The third kappa shape index (κ3) is 4.91. The lowest BCUT2D eigenvalue weighted by atomic mass is 10.2. The Morgan fingerprint density at radius 3 is 2.30 bits per heavy atom. The molecule has 0 atom stereocenters. The van der Waals surface area contributed by atoms with Crippen LogP contribution >= 0.6 is 0 Å². The van der Waals surface area contributed by atoms with Crippen LogP contribution in [0.5, 0.6) is 0 Å². The molecule has 3 rings (SSSR count). The van der Waals surface area contributed by atoms with Crippen molar-refractivity contribution in [2.75, 3.05) is 32.7 Å². The Kier molecular flexibility index (Phi) is 6.20. The Labute approximate surface area is 158 Å². The highest BCUT2D eigenvalue weighted by atomic mass is 32.2. The van der Waals surface area contributed by atoms with Gasteiger partial charge in [0.25, 0.3) is 0 Å². The Morgan fingerprint density at radius 1 is 1.04 bits per heavy atom. The summed E-state index contributed by atoms with van der Waals surface area (Å²) < 4.78 is 40.5. The lowest BCUT2D eigenvalue weighted by molar-refractivity contribution is -0.132. The number of hydrogen-bond donors (Lipinski definition) is 1. The van der Waals surface area contributed by atoms with Gasteiger partial charge in [0, 0.05) is 32.7 Å². The minimum absolute atomic E-state index is 0.0343. The summed E-state index contributed by atoms with van der Waals surface area (Å²) in [7, 11) is -3.95. The van der Waals surface area contributed by atoms with Crippen LogP contribution in [0.2, 0.25) is 0 Å². The molecular weight excluding hydrogens is 369 g/mol. The van der Waals surface area contributed by atoms with Gasteiger partial charge in [0.15, 0.2) is 0 Å². The second-order valence-corrected chi connectivity index (χ2v) is 8.28. The van der Waals surface area contributed by atoms with Gasteiger partial charge in [-0.15, -0.1) is 0 Å². The number of hydrogen-bond acceptors (Lipinski definition) is 4. The molecule has 1 aliphatic rings. The summed E-state index contributed by atoms with van der Waals surface area (Å²) in [5.41, 5.74) is 0.774. The SMILES string of the molecule is O=C(CN(Cc1ccccc1)S(=O)(=O)c1ccc(F)cc1)N1CCNCC1. The molecule has 2 aromatic carbocycles. The Hall–Kier alpha value is -2.29. The fourth-order valence-electron chi connectivity index (χ4n) is 2.93. The number of nitrogens with zero attached hydrogens (tertiary/aromatic N) is 2. The number of piperazine rings is 1. The van der Waals surface area contributed by atoms with E-state index in [-0.39, 0.29) is 23.9 Å². The third-order valence-electron chi connectivity index (χ3n) is 4.43. The van der Waals surface area contributed by atoms with E-state index in [0.717, 1.165) is 22.0 Å². The van der Waals surface area contributed by atoms with Gasteiger partial charge in [-0.05, 0) is 29.8 Å². The van der Waals surface area contributed by atoms with E-state index < -0.39 is 15.8 Å². The maximum Gasteiger partial charge on any atom is 0.243 e. The maximum absolute atomic E-state index is 13.2. The van der Waals surface area contributed by atoms with E-state index in [4.69, 9.17) is 0 Å². The molecule has 1 fully saturated rings. The molecule has 2 aromatic rings. The predicted octanol–water partition coefficient (Wildman–Crippen LogP) is 1.45. The van der Waals surface area contributed by atoms with Crippen molar-refractivity contribution in [2.24, 2.45) is 0 Å². The average Bonchev–Trinajstić information content (AvgIpc) is 2.69. The van der Waals surface area contributed by atoms with Gasteiger partial charge in [0.1, 0.15) is 5.82 Å². The van der Waals surface area contributed by atoms with Gasteiger partial charge in [-0.1, -0.05) is 30.3 Å². The van der Waals surface area contributed by atoms with Crippen LogP contribution < -0.4 is 5.32 Å². The molecule has 0 radical (unpaired) electrons. The molecule has 1 amide bonds. The molecule has 0 aliphatic carbocycles. The maximum atomic E-state index is 13.2. The third-order valence-corrected chi connectivity index (χ3v) is 6.24. The minimum Gasteiger partial charge on any atom is -0.339 e. The lowest BCUT2D eigenvalue weighted by Crippen LogP contribution is -2.50. The molecule has 1 heterocycles. The Morgan fingerprint density at radius 2 is 1.67 bits per heavy atom. The highest BCUT2D eigenvalue weighted by Crippen LogP contribution is 2.19. The highest BCUT2D eigenvalue weighted by Gasteiger charge is 2.29. The van der Waals surface area contributed by atoms with Crippen LogP contribution in [-0.2, 0) is 21.4 Å². The molecule has 1 saturated heterocycles. The zero-order chi connectivity index (χ0) is 19.3. The van der Waals surface area contributed by atoms with E-state index in [0.29, 0.717) is 26.2 Å². The summed E-state index contributed by atoms with van der Waals surface area (Å²) in [5.74, 6) is -0.751. The highest BCUT2D eigenvalue weighted by molar-refractivity contribution is 7.89. The first-order valence-corrected chi connectivity index (χ1v) is 10.2. The van der Waals surface area contributed by atoms with E-state index in [1.807, 2.05) is 30.3 Å². The molecular formula is C19H22FN3O3S. The van der Waals surface area contributed by atoms with Crippen LogP contribution in [0.25, 0.3) is 0 Å². The van der Waals surface area contributed by atoms with Gasteiger partial charge in [-0.25, -0.2) is 12.8 Å². The van der Waals surface area contributed by atoms with Gasteiger partial charge >= 0.3 is 0 Å². The smallest absolute Gasteiger partial charge is 0.243 e. The van der Waals surface area contributed by atoms with E-state index in [9.17, 15) is 17.6 Å². The molecule has 0 saturated carbocycles. The van der Waals surface area contributed by atoms with Gasteiger partial charge in [-0.3, -0.25) is 4.79 Å². The van der Waals surface area contributed by atoms with Crippen LogP contribution in [0.1, 0.15) is 5.56 Å². The Balaban J connectivity index is 1.86. The van der Waals surface area contributed by atoms with Crippen LogP contribution in [0.15, 0.2) is 59.5 Å². The fourth-order valence-corrected chi connectivity index (χ4v) is 4.31. The molecule has 27 heavy (non-hydrogen) atoms. The molecule has 0 spiro atoms. The minimum atomic E-state index is -3.95. The Bertz CT molecular complexity index is 867. The molecule has 6 nitrogen and oxygen atoms in total. The largest absolute Gasteiger partial charge is 0.339 e. The molecule has 0 bridgehead atoms. The number of halogens is 1. The average molecular weight is 391 g/mol. The van der Waals surface area contributed by atoms with Crippen molar-refractivity contribution in [3.05, 3.63) is 66.0 Å². The van der Waals surface area contributed by atoms with E-state index >= 15 is 0 Å². The molecule has 144 valence electrons. The van der Waals surface area contributed by atoms with Crippen LogP contribution in [0.4, 0.5) is 4.39 Å². The van der Waals surface area contributed by atoms with E-state index in [2.05, 4.69) is 5.32 Å². The zero-order valence-electron chi connectivity index (χ0n) is 14.8. The molecule has 0 unspecified atom stereocenters. The van der Waals surface area contributed by atoms with Crippen molar-refractivity contribution in [3.63, 3.8) is 0 Å². The summed E-state index contributed by atoms with van der Waals surface area (Å²) in [4.78, 5) is 14.3. The van der Waals surface area contributed by atoms with Crippen molar-refractivity contribution in [1.29, 1.82) is 0 Å². The van der Waals surface area contributed by atoms with Crippen molar-refractivity contribution in [2.45, 2.75) is 11.4 Å². The normalized spacial score (nSPS) is 15.1. The van der Waals surface area contributed by atoms with Crippen molar-refractivity contribution in [3.8, 4) is 0 Å². The van der Waals surface area contributed by atoms with Crippen molar-refractivity contribution < 1.29 is 17.6 Å². The van der Waals surface area contributed by atoms with E-state index in [1.165, 1.54) is 12.1 Å². The monoisotopic (exact) mass is 391 g/mol. The quantitative estimate of drug-likeness (QED) is 0.809. The number of rotatable bonds is 6. The van der Waals surface area contributed by atoms with Gasteiger partial charge in [0.2, 0.25) is 15.9 Å². The standard InChI is InChI=1S/C19H22FN3O3S/c20-17-6-8-18(9-7-17)27(25,26)23(14-16-4-2-1-3-5-16)15-19(24)22-12-10-21-11-13-22/h1-9,21H,10-15H2. The second-order valence-electron chi connectivity index (χ2n) is 6.34. The van der Waals surface area contributed by atoms with Crippen molar-refractivity contribution in [1.82, 2.24) is 14.5 Å². The topological polar surface area (TPSA) is 69.7 Å². The first-order valence-electron chi connectivity index (χ1n) is 8.75. The van der Waals surface area contributed by atoms with Gasteiger partial charge in [0.05, 0.1) is 11.4 Å². The first kappa shape index (κ1) is 19.5. The summed E-state index contributed by atoms with van der Waals surface area (Å²) in [5, 5.41) is 3.16. The summed E-state index contributed by atoms with van der Waals surface area (Å²) in [6, 6.07) is 13.7. The van der Waals surface area contributed by atoms with Crippen LogP contribution in [-0.4, -0.2) is 56.3 Å². The van der Waals surface area contributed by atoms with Gasteiger partial charge in [-0.2, -0.15) is 4.31 Å². The van der Waals surface area contributed by atoms with Crippen LogP contribution in [0.3, 0.4) is 0 Å². The number of nitrogens with one attached hydrogen (secondary N) is 1. The molecule has 1 aliphatic heterocycles. The zero-order valence-corrected chi connectivity index (χ0v) is 15.7. The van der Waals surface area contributed by atoms with Gasteiger partial charge < -0.3 is 10.2 Å². The number of carbonyl (C=O) groups excluding carboxylic acids is 1. The van der Waals surface area contributed by atoms with Crippen molar-refractivity contribution >= 4 is 15.9 Å². The summed E-state index contributed by atoms with van der Waals surface area (Å²) in [6.07, 6.45) is 0. The number of carbonyl (C=O) groups is 1. The lowest BCUT2D eigenvalue weighted by Gasteiger charge is -2.30. The summed E-state index contributed by atoms with van der Waals surface area (Å²) in [6.45, 7) is 2.29. The van der Waals surface area contributed by atoms with Crippen LogP contribution in [0, 0.1) is 5.82 Å². The molecule has 1 N–H and O–H groups in total. The number of sulfonamides is 1. The number of benzene rings is 2. The molecule has 8 heteroatoms. The molecule has 0 aromatic heterocycles. The van der Waals surface area contributed by atoms with E-state index in [1.54, 1.807) is 4.90 Å². The fraction of sp³-hybridized carbons (Fsp3) is 0.316.